The minimum atomic E-state index is -4.38. The van der Waals surface area contributed by atoms with Crippen molar-refractivity contribution in [2.75, 3.05) is 0 Å². The molecule has 1 heterocycles. The highest BCUT2D eigenvalue weighted by atomic mass is 19.4. The van der Waals surface area contributed by atoms with Crippen molar-refractivity contribution < 1.29 is 13.2 Å². The van der Waals surface area contributed by atoms with Crippen molar-refractivity contribution in [3.05, 3.63) is 17.5 Å². The zero-order valence-electron chi connectivity index (χ0n) is 8.30. The van der Waals surface area contributed by atoms with Crippen LogP contribution in [-0.4, -0.2) is 9.78 Å². The lowest BCUT2D eigenvalue weighted by Gasteiger charge is -2.14. The van der Waals surface area contributed by atoms with E-state index in [4.69, 9.17) is 5.73 Å². The third kappa shape index (κ3) is 1.62. The van der Waals surface area contributed by atoms with Gasteiger partial charge >= 0.3 is 6.18 Å². The summed E-state index contributed by atoms with van der Waals surface area (Å²) in [7, 11) is 0. The van der Waals surface area contributed by atoms with E-state index in [1.807, 2.05) is 0 Å². The van der Waals surface area contributed by atoms with Gasteiger partial charge in [0.05, 0.1) is 6.20 Å². The maximum absolute atomic E-state index is 12.8. The molecule has 3 nitrogen and oxygen atoms in total. The van der Waals surface area contributed by atoms with E-state index in [9.17, 15) is 13.2 Å². The van der Waals surface area contributed by atoms with Gasteiger partial charge in [-0.25, -0.2) is 0 Å². The van der Waals surface area contributed by atoms with E-state index in [1.165, 1.54) is 6.20 Å². The van der Waals surface area contributed by atoms with Crippen LogP contribution in [0.3, 0.4) is 0 Å². The van der Waals surface area contributed by atoms with Crippen LogP contribution >= 0.6 is 0 Å². The molecule has 0 amide bonds. The standard InChI is InChI=1S/C9H12F3N3/c1-2-15-7(9(10,11)12)6(5-14-15)8(13)3-4-8/h5H,2-4,13H2,1H3. The van der Waals surface area contributed by atoms with Crippen molar-refractivity contribution in [2.24, 2.45) is 5.73 Å². The van der Waals surface area contributed by atoms with E-state index < -0.39 is 17.4 Å². The number of rotatable bonds is 2. The molecule has 1 fully saturated rings. The molecule has 0 radical (unpaired) electrons. The largest absolute Gasteiger partial charge is 0.433 e. The first-order valence-corrected chi connectivity index (χ1v) is 4.81. The van der Waals surface area contributed by atoms with Gasteiger partial charge < -0.3 is 5.73 Å². The smallest absolute Gasteiger partial charge is 0.321 e. The fourth-order valence-electron chi connectivity index (χ4n) is 1.69. The minimum Gasteiger partial charge on any atom is -0.321 e. The van der Waals surface area contributed by atoms with Gasteiger partial charge in [-0.3, -0.25) is 4.68 Å². The summed E-state index contributed by atoms with van der Waals surface area (Å²) in [5.74, 6) is 0. The summed E-state index contributed by atoms with van der Waals surface area (Å²) < 4.78 is 39.3. The van der Waals surface area contributed by atoms with Crippen molar-refractivity contribution in [2.45, 2.75) is 38.0 Å². The average Bonchev–Trinajstić information content (AvgIpc) is 2.73. The fourth-order valence-corrected chi connectivity index (χ4v) is 1.69. The highest BCUT2D eigenvalue weighted by Gasteiger charge is 2.49. The Morgan fingerprint density at radius 3 is 2.53 bits per heavy atom. The van der Waals surface area contributed by atoms with E-state index in [0.717, 1.165) is 4.68 Å². The number of nitrogens with zero attached hydrogens (tertiary/aromatic N) is 2. The number of hydrogen-bond donors (Lipinski definition) is 1. The second-order valence-corrected chi connectivity index (χ2v) is 3.88. The van der Waals surface area contributed by atoms with E-state index in [1.54, 1.807) is 6.92 Å². The summed E-state index contributed by atoms with van der Waals surface area (Å²) in [5.41, 5.74) is 4.43. The molecular formula is C9H12F3N3. The Morgan fingerprint density at radius 1 is 1.53 bits per heavy atom. The summed E-state index contributed by atoms with van der Waals surface area (Å²) >= 11 is 0. The Hall–Kier alpha value is -1.04. The topological polar surface area (TPSA) is 43.8 Å². The first-order valence-electron chi connectivity index (χ1n) is 4.81. The van der Waals surface area contributed by atoms with Gasteiger partial charge in [-0.2, -0.15) is 18.3 Å². The first kappa shape index (κ1) is 10.5. The molecular weight excluding hydrogens is 207 g/mol. The molecule has 1 saturated carbocycles. The van der Waals surface area contributed by atoms with E-state index in [2.05, 4.69) is 5.10 Å². The van der Waals surface area contributed by atoms with Crippen molar-refractivity contribution in [1.29, 1.82) is 0 Å². The molecule has 0 saturated heterocycles. The van der Waals surface area contributed by atoms with Crippen LogP contribution in [0.2, 0.25) is 0 Å². The SMILES string of the molecule is CCn1ncc(C2(N)CC2)c1C(F)(F)F. The minimum absolute atomic E-state index is 0.136. The number of alkyl halides is 3. The number of aryl methyl sites for hydroxylation is 1. The van der Waals surface area contributed by atoms with Crippen LogP contribution < -0.4 is 5.73 Å². The quantitative estimate of drug-likeness (QED) is 0.825. The maximum atomic E-state index is 12.8. The highest BCUT2D eigenvalue weighted by molar-refractivity contribution is 5.33. The van der Waals surface area contributed by atoms with Gasteiger partial charge in [0.15, 0.2) is 0 Å². The molecule has 1 aromatic rings. The zero-order valence-corrected chi connectivity index (χ0v) is 8.30. The lowest BCUT2D eigenvalue weighted by atomic mass is 10.1. The molecule has 1 aliphatic carbocycles. The summed E-state index contributed by atoms with van der Waals surface area (Å²) in [5, 5.41) is 3.72. The Kier molecular flexibility index (Phi) is 2.08. The van der Waals surface area contributed by atoms with Gasteiger partial charge in [-0.15, -0.1) is 0 Å². The first-order chi connectivity index (χ1) is 6.88. The van der Waals surface area contributed by atoms with Crippen molar-refractivity contribution in [1.82, 2.24) is 9.78 Å². The van der Waals surface area contributed by atoms with Gasteiger partial charge in [-0.1, -0.05) is 0 Å². The molecule has 1 aromatic heterocycles. The molecule has 6 heteroatoms. The molecule has 2 N–H and O–H groups in total. The number of hydrogen-bond acceptors (Lipinski definition) is 2. The van der Waals surface area contributed by atoms with Gasteiger partial charge in [0, 0.05) is 17.6 Å². The Balaban J connectivity index is 2.52. The van der Waals surface area contributed by atoms with Crippen LogP contribution in [0.5, 0.6) is 0 Å². The third-order valence-corrected chi connectivity index (χ3v) is 2.73. The van der Waals surface area contributed by atoms with Crippen molar-refractivity contribution in [3.63, 3.8) is 0 Å². The summed E-state index contributed by atoms with van der Waals surface area (Å²) in [6.07, 6.45) is -1.92. The molecule has 15 heavy (non-hydrogen) atoms. The summed E-state index contributed by atoms with van der Waals surface area (Å²) in [6.45, 7) is 1.83. The lowest BCUT2D eigenvalue weighted by molar-refractivity contribution is -0.145. The van der Waals surface area contributed by atoms with E-state index >= 15 is 0 Å². The van der Waals surface area contributed by atoms with Crippen LogP contribution in [0, 0.1) is 0 Å². The van der Waals surface area contributed by atoms with E-state index in [0.29, 0.717) is 12.8 Å². The average molecular weight is 219 g/mol. The second kappa shape index (κ2) is 2.98. The Bertz CT molecular complexity index is 376. The van der Waals surface area contributed by atoms with Gasteiger partial charge in [-0.05, 0) is 19.8 Å². The van der Waals surface area contributed by atoms with Crippen molar-refractivity contribution in [3.8, 4) is 0 Å². The molecule has 1 aliphatic rings. The molecule has 0 aliphatic heterocycles. The lowest BCUT2D eigenvalue weighted by Crippen LogP contribution is -2.24. The zero-order chi connectivity index (χ0) is 11.3. The number of aromatic nitrogens is 2. The Morgan fingerprint density at radius 2 is 2.13 bits per heavy atom. The monoisotopic (exact) mass is 219 g/mol. The van der Waals surface area contributed by atoms with Crippen LogP contribution in [0.25, 0.3) is 0 Å². The highest BCUT2D eigenvalue weighted by Crippen LogP contribution is 2.47. The molecule has 0 aromatic carbocycles. The predicted molar refractivity (Wildman–Crippen MR) is 48.0 cm³/mol. The number of halogens is 3. The molecule has 0 unspecified atom stereocenters. The van der Waals surface area contributed by atoms with Crippen LogP contribution in [0.1, 0.15) is 31.0 Å². The summed E-state index contributed by atoms with van der Waals surface area (Å²) in [6, 6.07) is 0. The molecule has 0 bridgehead atoms. The van der Waals surface area contributed by atoms with Crippen molar-refractivity contribution >= 4 is 0 Å². The second-order valence-electron chi connectivity index (χ2n) is 3.88. The van der Waals surface area contributed by atoms with Gasteiger partial charge in [0.2, 0.25) is 0 Å². The van der Waals surface area contributed by atoms with E-state index in [-0.39, 0.29) is 12.1 Å². The van der Waals surface area contributed by atoms with Gasteiger partial charge in [0.25, 0.3) is 0 Å². The maximum Gasteiger partial charge on any atom is 0.433 e. The molecule has 2 rings (SSSR count). The molecule has 84 valence electrons. The normalized spacial score (nSPS) is 19.3. The van der Waals surface area contributed by atoms with Crippen LogP contribution in [-0.2, 0) is 18.3 Å². The van der Waals surface area contributed by atoms with Crippen LogP contribution in [0.4, 0.5) is 13.2 Å². The number of nitrogens with two attached hydrogens (primary N) is 1. The Labute approximate surface area is 85.1 Å². The summed E-state index contributed by atoms with van der Waals surface area (Å²) in [4.78, 5) is 0. The third-order valence-electron chi connectivity index (χ3n) is 2.73. The predicted octanol–water partition coefficient (Wildman–Crippen LogP) is 1.87. The van der Waals surface area contributed by atoms with Gasteiger partial charge in [0.1, 0.15) is 5.69 Å². The molecule has 0 spiro atoms. The molecule has 0 atom stereocenters. The van der Waals surface area contributed by atoms with Crippen LogP contribution in [0.15, 0.2) is 6.20 Å². The fraction of sp³-hybridized carbons (Fsp3) is 0.667.